The van der Waals surface area contributed by atoms with Gasteiger partial charge in [-0.3, -0.25) is 4.79 Å². The lowest BCUT2D eigenvalue weighted by Crippen LogP contribution is -3.00. The van der Waals surface area contributed by atoms with Crippen LogP contribution in [0.1, 0.15) is 25.0 Å². The molecule has 0 atom stereocenters. The molecule has 0 unspecified atom stereocenters. The lowest BCUT2D eigenvalue weighted by molar-refractivity contribution is -0.688. The number of carbonyl (C=O) groups excluding carboxylic acids is 1. The minimum atomic E-state index is -0.200. The van der Waals surface area contributed by atoms with Gasteiger partial charge in [0, 0.05) is 23.3 Å². The second kappa shape index (κ2) is 9.91. The Hall–Kier alpha value is -2.61. The van der Waals surface area contributed by atoms with Crippen molar-refractivity contribution >= 4 is 5.97 Å². The van der Waals surface area contributed by atoms with Crippen LogP contribution in [0.3, 0.4) is 0 Å². The molecule has 8 heteroatoms. The first-order valence-electron chi connectivity index (χ1n) is 8.68. The Morgan fingerprint density at radius 3 is 2.37 bits per heavy atom. The third kappa shape index (κ3) is 5.68. The summed E-state index contributed by atoms with van der Waals surface area (Å²) in [6.07, 6.45) is 4.24. The van der Waals surface area contributed by atoms with Crippen molar-refractivity contribution in [1.82, 2.24) is 20.2 Å². The molecule has 2 aromatic heterocycles. The molecule has 2 heterocycles. The van der Waals surface area contributed by atoms with Crippen molar-refractivity contribution in [3.8, 4) is 11.4 Å². The fraction of sp³-hybridized carbons (Fsp3) is 0.316. The minimum Gasteiger partial charge on any atom is -1.00 e. The molecule has 0 amide bonds. The highest BCUT2D eigenvalue weighted by Gasteiger charge is 2.09. The SMILES string of the molecule is CCOC(=O)Cc1cc[n+](Cc2ccc(-c3nnn(CC)n3)cc2)cc1.[Br-]. The molecule has 0 aliphatic rings. The normalized spacial score (nSPS) is 10.3. The minimum absolute atomic E-state index is 0. The number of halogens is 1. The summed E-state index contributed by atoms with van der Waals surface area (Å²) in [7, 11) is 0. The zero-order valence-electron chi connectivity index (χ0n) is 15.4. The Morgan fingerprint density at radius 2 is 1.78 bits per heavy atom. The van der Waals surface area contributed by atoms with Gasteiger partial charge in [0.1, 0.15) is 0 Å². The van der Waals surface area contributed by atoms with E-state index in [1.54, 1.807) is 4.80 Å². The molecule has 3 rings (SSSR count). The molecule has 0 aliphatic carbocycles. The highest BCUT2D eigenvalue weighted by atomic mass is 79.9. The summed E-state index contributed by atoms with van der Waals surface area (Å²) >= 11 is 0. The van der Waals surface area contributed by atoms with E-state index in [-0.39, 0.29) is 23.0 Å². The van der Waals surface area contributed by atoms with Crippen molar-refractivity contribution in [3.63, 3.8) is 0 Å². The predicted octanol–water partition coefficient (Wildman–Crippen LogP) is -1.19. The van der Waals surface area contributed by atoms with Crippen molar-refractivity contribution < 1.29 is 31.1 Å². The molecule has 0 saturated carbocycles. The maximum absolute atomic E-state index is 11.5. The van der Waals surface area contributed by atoms with Crippen LogP contribution >= 0.6 is 0 Å². The molecule has 0 N–H and O–H groups in total. The van der Waals surface area contributed by atoms with E-state index in [0.29, 0.717) is 25.4 Å². The van der Waals surface area contributed by atoms with Crippen molar-refractivity contribution in [2.75, 3.05) is 6.61 Å². The number of pyridine rings is 1. The van der Waals surface area contributed by atoms with Gasteiger partial charge in [0.05, 0.1) is 19.6 Å². The summed E-state index contributed by atoms with van der Waals surface area (Å²) < 4.78 is 7.03. The van der Waals surface area contributed by atoms with Gasteiger partial charge in [-0.15, -0.1) is 10.2 Å². The first-order valence-corrected chi connectivity index (χ1v) is 8.68. The zero-order chi connectivity index (χ0) is 18.4. The number of esters is 1. The van der Waals surface area contributed by atoms with Gasteiger partial charge in [0.15, 0.2) is 18.9 Å². The molecule has 0 aliphatic heterocycles. The summed E-state index contributed by atoms with van der Waals surface area (Å²) in [6, 6.07) is 12.0. The average Bonchev–Trinajstić information content (AvgIpc) is 3.13. The summed E-state index contributed by atoms with van der Waals surface area (Å²) in [5.41, 5.74) is 3.06. The molecule has 0 fully saturated rings. The van der Waals surface area contributed by atoms with E-state index < -0.39 is 0 Å². The molecule has 27 heavy (non-hydrogen) atoms. The number of tetrazole rings is 1. The smallest absolute Gasteiger partial charge is 0.310 e. The van der Waals surface area contributed by atoms with Crippen LogP contribution in [0.5, 0.6) is 0 Å². The van der Waals surface area contributed by atoms with Gasteiger partial charge in [-0.25, -0.2) is 4.57 Å². The summed E-state index contributed by atoms with van der Waals surface area (Å²) in [4.78, 5) is 13.1. The van der Waals surface area contributed by atoms with E-state index in [4.69, 9.17) is 4.74 Å². The summed E-state index contributed by atoms with van der Waals surface area (Å²) in [5.74, 6) is 0.434. The van der Waals surface area contributed by atoms with Crippen LogP contribution in [0.15, 0.2) is 48.8 Å². The number of aromatic nitrogens is 5. The third-order valence-corrected chi connectivity index (χ3v) is 3.93. The van der Waals surface area contributed by atoms with Crippen molar-refractivity contribution in [1.29, 1.82) is 0 Å². The molecular formula is C19H22BrN5O2. The van der Waals surface area contributed by atoms with Crippen molar-refractivity contribution in [2.45, 2.75) is 33.4 Å². The topological polar surface area (TPSA) is 73.8 Å². The Bertz CT molecular complexity index is 863. The molecule has 0 spiro atoms. The molecule has 1 aromatic carbocycles. The van der Waals surface area contributed by atoms with Crippen LogP contribution in [-0.4, -0.2) is 32.8 Å². The van der Waals surface area contributed by atoms with E-state index in [2.05, 4.69) is 32.1 Å². The van der Waals surface area contributed by atoms with Crippen molar-refractivity contribution in [2.24, 2.45) is 0 Å². The third-order valence-electron chi connectivity index (χ3n) is 3.93. The van der Waals surface area contributed by atoms with E-state index in [1.165, 1.54) is 5.56 Å². The molecule has 142 valence electrons. The van der Waals surface area contributed by atoms with Gasteiger partial charge >= 0.3 is 5.97 Å². The number of hydrogen-bond acceptors (Lipinski definition) is 5. The monoisotopic (exact) mass is 431 g/mol. The van der Waals surface area contributed by atoms with Crippen LogP contribution in [-0.2, 0) is 29.0 Å². The number of rotatable bonds is 7. The quantitative estimate of drug-likeness (QED) is 0.347. The highest BCUT2D eigenvalue weighted by molar-refractivity contribution is 5.72. The van der Waals surface area contributed by atoms with Crippen LogP contribution in [0.4, 0.5) is 0 Å². The van der Waals surface area contributed by atoms with Gasteiger partial charge in [0.2, 0.25) is 5.82 Å². The molecule has 0 radical (unpaired) electrons. The fourth-order valence-electron chi connectivity index (χ4n) is 2.55. The maximum Gasteiger partial charge on any atom is 0.310 e. The van der Waals surface area contributed by atoms with E-state index >= 15 is 0 Å². The molecule has 7 nitrogen and oxygen atoms in total. The van der Waals surface area contributed by atoms with Crippen LogP contribution in [0.25, 0.3) is 11.4 Å². The summed E-state index contributed by atoms with van der Waals surface area (Å²) in [5, 5.41) is 12.3. The Morgan fingerprint density at radius 1 is 1.07 bits per heavy atom. The zero-order valence-corrected chi connectivity index (χ0v) is 17.0. The maximum atomic E-state index is 11.5. The van der Waals surface area contributed by atoms with E-state index in [0.717, 1.165) is 17.7 Å². The molecule has 3 aromatic rings. The van der Waals surface area contributed by atoms with Gasteiger partial charge in [-0.05, 0) is 24.6 Å². The van der Waals surface area contributed by atoms with Crippen LogP contribution in [0, 0.1) is 0 Å². The second-order valence-corrected chi connectivity index (χ2v) is 5.86. The number of nitrogens with zero attached hydrogens (tertiary/aromatic N) is 5. The highest BCUT2D eigenvalue weighted by Crippen LogP contribution is 2.14. The Kier molecular flexibility index (Phi) is 7.60. The largest absolute Gasteiger partial charge is 1.00 e. The lowest BCUT2D eigenvalue weighted by Gasteiger charge is -2.02. The van der Waals surface area contributed by atoms with Gasteiger partial charge < -0.3 is 21.7 Å². The second-order valence-electron chi connectivity index (χ2n) is 5.86. The number of carbonyl (C=O) groups is 1. The van der Waals surface area contributed by atoms with Crippen molar-refractivity contribution in [3.05, 3.63) is 59.9 Å². The first kappa shape index (κ1) is 20.7. The van der Waals surface area contributed by atoms with E-state index in [1.807, 2.05) is 50.5 Å². The lowest BCUT2D eigenvalue weighted by atomic mass is 10.1. The van der Waals surface area contributed by atoms with Crippen LogP contribution in [0.2, 0.25) is 0 Å². The number of ether oxygens (including phenoxy) is 1. The van der Waals surface area contributed by atoms with Gasteiger partial charge in [0.25, 0.3) is 0 Å². The number of benzene rings is 1. The summed E-state index contributed by atoms with van der Waals surface area (Å²) in [6.45, 7) is 5.64. The number of hydrogen-bond donors (Lipinski definition) is 0. The molecular weight excluding hydrogens is 410 g/mol. The molecule has 0 saturated heterocycles. The Labute approximate surface area is 168 Å². The predicted molar refractivity (Wildman–Crippen MR) is 95.0 cm³/mol. The van der Waals surface area contributed by atoms with Crippen LogP contribution < -0.4 is 21.5 Å². The standard InChI is InChI=1S/C19H22N5O2.BrH/c1-3-24-21-19(20-22-24)17-7-5-16(6-8-17)14-23-11-9-15(10-12-23)13-18(25)26-4-2;/h5-12H,3-4,13-14H2,1-2H3;1H/q+1;/p-1. The van der Waals surface area contributed by atoms with Gasteiger partial charge in [-0.2, -0.15) is 4.80 Å². The first-order chi connectivity index (χ1) is 12.7. The number of aryl methyl sites for hydroxylation is 1. The molecule has 0 bridgehead atoms. The fourth-order valence-corrected chi connectivity index (χ4v) is 2.55. The van der Waals surface area contributed by atoms with Gasteiger partial charge in [-0.1, -0.05) is 24.3 Å². The average molecular weight is 432 g/mol. The Balaban J connectivity index is 0.00000261. The van der Waals surface area contributed by atoms with E-state index in [9.17, 15) is 4.79 Å².